The lowest BCUT2D eigenvalue weighted by atomic mass is 9.70. The van der Waals surface area contributed by atoms with Crippen LogP contribution in [0.1, 0.15) is 37.5 Å². The van der Waals surface area contributed by atoms with Crippen molar-refractivity contribution in [1.29, 1.82) is 5.26 Å². The lowest BCUT2D eigenvalue weighted by Crippen LogP contribution is -2.47. The van der Waals surface area contributed by atoms with E-state index in [0.717, 1.165) is 22.6 Å². The summed E-state index contributed by atoms with van der Waals surface area (Å²) in [5.74, 6) is 0.196. The van der Waals surface area contributed by atoms with E-state index in [9.17, 15) is 10.1 Å². The molecule has 1 aromatic heterocycles. The molecule has 0 radical (unpaired) electrons. The summed E-state index contributed by atoms with van der Waals surface area (Å²) in [6, 6.07) is 6.18. The summed E-state index contributed by atoms with van der Waals surface area (Å²) in [6.07, 6.45) is 1.25. The van der Waals surface area contributed by atoms with Crippen molar-refractivity contribution in [2.75, 3.05) is 14.1 Å². The van der Waals surface area contributed by atoms with Crippen molar-refractivity contribution in [3.05, 3.63) is 45.1 Å². The lowest BCUT2D eigenvalue weighted by molar-refractivity contribution is -0.119. The van der Waals surface area contributed by atoms with E-state index in [1.807, 2.05) is 41.6 Å². The fourth-order valence-corrected chi connectivity index (χ4v) is 4.53. The molecule has 2 aliphatic rings. The molecule has 1 atom stereocenters. The molecule has 1 aliphatic heterocycles. The number of nitrogens with zero attached hydrogens (tertiary/aromatic N) is 3. The molecule has 0 spiro atoms. The molecule has 0 saturated heterocycles. The maximum atomic E-state index is 13.0. The Labute approximate surface area is 146 Å². The standard InChI is InChI=1S/C18H22N4OS/c1-18(2)8-12-16(13(23)9-18)15(14-6-5-7-24-14)11(10-19)17(20)22(12)21(3)4/h5-7,15H,8-9,20H2,1-4H3/t15-/m0/s1. The lowest BCUT2D eigenvalue weighted by Gasteiger charge is -2.45. The fourth-order valence-electron chi connectivity index (χ4n) is 3.69. The molecule has 126 valence electrons. The number of ketones is 1. The first-order chi connectivity index (χ1) is 11.3. The van der Waals surface area contributed by atoms with E-state index in [2.05, 4.69) is 19.9 Å². The Bertz CT molecular complexity index is 780. The summed E-state index contributed by atoms with van der Waals surface area (Å²) in [5, 5.41) is 15.4. The summed E-state index contributed by atoms with van der Waals surface area (Å²) in [4.78, 5) is 14.0. The van der Waals surface area contributed by atoms with Crippen molar-refractivity contribution in [1.82, 2.24) is 10.0 Å². The number of rotatable bonds is 2. The van der Waals surface area contributed by atoms with E-state index in [0.29, 0.717) is 17.8 Å². The molecule has 0 unspecified atom stereocenters. The van der Waals surface area contributed by atoms with Gasteiger partial charge in [-0.25, -0.2) is 5.01 Å². The first-order valence-corrected chi connectivity index (χ1v) is 8.81. The van der Waals surface area contributed by atoms with Crippen LogP contribution in [-0.4, -0.2) is 29.9 Å². The van der Waals surface area contributed by atoms with E-state index in [-0.39, 0.29) is 17.1 Å². The Morgan fingerprint density at radius 1 is 1.42 bits per heavy atom. The number of hydrazine groups is 1. The number of carbonyl (C=O) groups excluding carboxylic acids is 1. The second kappa shape index (κ2) is 5.76. The monoisotopic (exact) mass is 342 g/mol. The van der Waals surface area contributed by atoms with Crippen molar-refractivity contribution in [3.63, 3.8) is 0 Å². The van der Waals surface area contributed by atoms with Gasteiger partial charge >= 0.3 is 0 Å². The number of nitriles is 1. The van der Waals surface area contributed by atoms with Crippen molar-refractivity contribution in [3.8, 4) is 6.07 Å². The van der Waals surface area contributed by atoms with Crippen molar-refractivity contribution >= 4 is 17.1 Å². The molecule has 1 aromatic rings. The van der Waals surface area contributed by atoms with E-state index >= 15 is 0 Å². The zero-order valence-corrected chi connectivity index (χ0v) is 15.3. The van der Waals surface area contributed by atoms with Gasteiger partial charge in [0, 0.05) is 36.7 Å². The van der Waals surface area contributed by atoms with Gasteiger partial charge in [-0.2, -0.15) is 5.26 Å². The minimum Gasteiger partial charge on any atom is -0.383 e. The predicted octanol–water partition coefficient (Wildman–Crippen LogP) is 2.96. The fraction of sp³-hybridized carbons (Fsp3) is 0.444. The highest BCUT2D eigenvalue weighted by atomic mass is 32.1. The van der Waals surface area contributed by atoms with Gasteiger partial charge in [-0.15, -0.1) is 11.3 Å². The van der Waals surface area contributed by atoms with Gasteiger partial charge in [0.05, 0.1) is 17.6 Å². The minimum absolute atomic E-state index is 0.116. The molecule has 5 nitrogen and oxygen atoms in total. The topological polar surface area (TPSA) is 73.4 Å². The smallest absolute Gasteiger partial charge is 0.162 e. The summed E-state index contributed by atoms with van der Waals surface area (Å²) >= 11 is 1.56. The van der Waals surface area contributed by atoms with Crippen LogP contribution in [0.2, 0.25) is 0 Å². The number of hydrogen-bond acceptors (Lipinski definition) is 6. The van der Waals surface area contributed by atoms with Crippen LogP contribution in [0.3, 0.4) is 0 Å². The van der Waals surface area contributed by atoms with Crippen LogP contribution >= 0.6 is 11.3 Å². The van der Waals surface area contributed by atoms with Gasteiger partial charge in [-0.1, -0.05) is 19.9 Å². The van der Waals surface area contributed by atoms with Gasteiger partial charge in [0.2, 0.25) is 0 Å². The summed E-state index contributed by atoms with van der Waals surface area (Å²) in [6.45, 7) is 4.20. The van der Waals surface area contributed by atoms with Crippen LogP contribution in [0.15, 0.2) is 40.2 Å². The van der Waals surface area contributed by atoms with E-state index in [4.69, 9.17) is 5.73 Å². The van der Waals surface area contributed by atoms with Gasteiger partial charge in [-0.3, -0.25) is 9.80 Å². The highest BCUT2D eigenvalue weighted by molar-refractivity contribution is 7.10. The molecule has 0 bridgehead atoms. The number of hydrogen-bond donors (Lipinski definition) is 1. The number of allylic oxidation sites excluding steroid dienone is 3. The Kier molecular flexibility index (Phi) is 4.02. The molecule has 0 fully saturated rings. The second-order valence-corrected chi connectivity index (χ2v) is 8.30. The summed E-state index contributed by atoms with van der Waals surface area (Å²) < 4.78 is 0. The van der Waals surface area contributed by atoms with Crippen LogP contribution in [0, 0.1) is 16.7 Å². The zero-order chi connectivity index (χ0) is 17.6. The minimum atomic E-state index is -0.343. The van der Waals surface area contributed by atoms with Crippen molar-refractivity contribution in [2.45, 2.75) is 32.6 Å². The van der Waals surface area contributed by atoms with Crippen molar-refractivity contribution in [2.24, 2.45) is 11.1 Å². The van der Waals surface area contributed by atoms with E-state index < -0.39 is 0 Å². The molecular weight excluding hydrogens is 320 g/mol. The van der Waals surface area contributed by atoms with Crippen LogP contribution in [-0.2, 0) is 4.79 Å². The quantitative estimate of drug-likeness (QED) is 0.894. The largest absolute Gasteiger partial charge is 0.383 e. The Morgan fingerprint density at radius 2 is 2.12 bits per heavy atom. The Morgan fingerprint density at radius 3 is 2.67 bits per heavy atom. The van der Waals surface area contributed by atoms with E-state index in [1.165, 1.54) is 0 Å². The van der Waals surface area contributed by atoms with Gasteiger partial charge in [0.15, 0.2) is 5.78 Å². The van der Waals surface area contributed by atoms with E-state index in [1.54, 1.807) is 11.3 Å². The maximum Gasteiger partial charge on any atom is 0.162 e. The third-order valence-electron chi connectivity index (χ3n) is 4.58. The second-order valence-electron chi connectivity index (χ2n) is 7.32. The third-order valence-corrected chi connectivity index (χ3v) is 5.52. The molecule has 2 N–H and O–H groups in total. The van der Waals surface area contributed by atoms with Crippen LogP contribution < -0.4 is 5.73 Å². The molecule has 24 heavy (non-hydrogen) atoms. The predicted molar refractivity (Wildman–Crippen MR) is 94.5 cm³/mol. The van der Waals surface area contributed by atoms with Crippen LogP contribution in [0.4, 0.5) is 0 Å². The normalized spacial score (nSPS) is 23.6. The highest BCUT2D eigenvalue weighted by Crippen LogP contribution is 2.49. The van der Waals surface area contributed by atoms with Gasteiger partial charge in [0.1, 0.15) is 5.82 Å². The van der Waals surface area contributed by atoms with Crippen molar-refractivity contribution < 1.29 is 4.79 Å². The first kappa shape index (κ1) is 16.7. The molecule has 3 rings (SSSR count). The number of thiophene rings is 1. The maximum absolute atomic E-state index is 13.0. The average Bonchev–Trinajstić information content (AvgIpc) is 2.97. The van der Waals surface area contributed by atoms with Crippen LogP contribution in [0.25, 0.3) is 0 Å². The first-order valence-electron chi connectivity index (χ1n) is 7.93. The summed E-state index contributed by atoms with van der Waals surface area (Å²) in [7, 11) is 3.76. The molecule has 2 heterocycles. The number of Topliss-reactive ketones (excluding diaryl/α,β-unsaturated/α-hetero) is 1. The molecule has 1 aliphatic carbocycles. The Hall–Kier alpha value is -2.10. The molecule has 0 amide bonds. The number of carbonyl (C=O) groups is 1. The Balaban J connectivity index is 2.27. The molecule has 6 heteroatoms. The third kappa shape index (κ3) is 2.54. The average molecular weight is 342 g/mol. The summed E-state index contributed by atoms with van der Waals surface area (Å²) in [5.41, 5.74) is 8.37. The molecule has 0 aromatic carbocycles. The molecular formula is C18H22N4OS. The zero-order valence-electron chi connectivity index (χ0n) is 14.5. The SMILES string of the molecule is CN(C)N1C(N)=C(C#N)[C@@H](c2cccs2)C2=C1CC(C)(C)CC2=O. The van der Waals surface area contributed by atoms with Gasteiger partial charge < -0.3 is 5.73 Å². The van der Waals surface area contributed by atoms with Crippen LogP contribution in [0.5, 0.6) is 0 Å². The molecule has 0 saturated carbocycles. The van der Waals surface area contributed by atoms with Gasteiger partial charge in [0.25, 0.3) is 0 Å². The van der Waals surface area contributed by atoms with Gasteiger partial charge in [-0.05, 0) is 23.3 Å². The highest BCUT2D eigenvalue weighted by Gasteiger charge is 2.45. The number of nitrogens with two attached hydrogens (primary N) is 1.